The molecule has 8 nitrogen and oxygen atoms in total. The maximum Gasteiger partial charge on any atom is 0.234 e. The number of rotatable bonds is 7. The molecule has 1 aromatic carbocycles. The lowest BCUT2D eigenvalue weighted by atomic mass is 10.1. The van der Waals surface area contributed by atoms with Crippen LogP contribution in [0.15, 0.2) is 24.3 Å². The van der Waals surface area contributed by atoms with E-state index in [9.17, 15) is 14.4 Å². The van der Waals surface area contributed by atoms with Crippen LogP contribution in [-0.4, -0.2) is 42.1 Å². The lowest BCUT2D eigenvalue weighted by Crippen LogP contribution is -2.55. The Labute approximate surface area is 143 Å². The van der Waals surface area contributed by atoms with Crippen molar-refractivity contribution in [2.75, 3.05) is 18.2 Å². The number of hydrogen-bond acceptors (Lipinski definition) is 6. The van der Waals surface area contributed by atoms with Crippen LogP contribution < -0.4 is 26.4 Å². The first kappa shape index (κ1) is 18.1. The highest BCUT2D eigenvalue weighted by Gasteiger charge is 2.27. The number of methoxy groups -OCH3 is 1. The standard InChI is InChI=1S/C15H20N4O4S/c1-23-11-4-2-9(3-5-11)17-14(22)8-24-15-18-10(6-12(16)20)7-13(21)19-15/h2-5,10,15,18H,6-8H2,1H3,(H2,16,20)(H,17,22)(H,19,21). The molecule has 5 N–H and O–H groups in total. The van der Waals surface area contributed by atoms with Crippen molar-refractivity contribution >= 4 is 35.2 Å². The molecule has 1 aliphatic heterocycles. The summed E-state index contributed by atoms with van der Waals surface area (Å²) in [5.41, 5.74) is 5.38. The van der Waals surface area contributed by atoms with E-state index >= 15 is 0 Å². The quantitative estimate of drug-likeness (QED) is 0.548. The Morgan fingerprint density at radius 1 is 1.38 bits per heavy atom. The van der Waals surface area contributed by atoms with Gasteiger partial charge in [-0.15, -0.1) is 11.8 Å². The second kappa shape index (κ2) is 8.55. The third-order valence-corrected chi connectivity index (χ3v) is 4.33. The van der Waals surface area contributed by atoms with Crippen molar-refractivity contribution in [2.24, 2.45) is 5.73 Å². The van der Waals surface area contributed by atoms with Gasteiger partial charge in [0, 0.05) is 24.6 Å². The Morgan fingerprint density at radius 2 is 2.08 bits per heavy atom. The number of anilines is 1. The molecule has 1 aromatic rings. The van der Waals surface area contributed by atoms with Gasteiger partial charge in [-0.25, -0.2) is 0 Å². The minimum absolute atomic E-state index is 0.0858. The highest BCUT2D eigenvalue weighted by molar-refractivity contribution is 8.00. The number of hydrogen-bond donors (Lipinski definition) is 4. The number of nitrogens with two attached hydrogens (primary N) is 1. The first-order valence-electron chi connectivity index (χ1n) is 7.35. The van der Waals surface area contributed by atoms with Crippen LogP contribution in [0.2, 0.25) is 0 Å². The molecule has 0 spiro atoms. The molecule has 0 bridgehead atoms. The fraction of sp³-hybridized carbons (Fsp3) is 0.400. The molecule has 0 aromatic heterocycles. The number of amides is 3. The van der Waals surface area contributed by atoms with E-state index in [1.807, 2.05) is 0 Å². The van der Waals surface area contributed by atoms with Crippen molar-refractivity contribution in [3.05, 3.63) is 24.3 Å². The van der Waals surface area contributed by atoms with Gasteiger partial charge < -0.3 is 21.1 Å². The van der Waals surface area contributed by atoms with Crippen molar-refractivity contribution in [3.8, 4) is 5.75 Å². The second-order valence-corrected chi connectivity index (χ2v) is 6.37. The molecule has 2 atom stereocenters. The zero-order valence-corrected chi connectivity index (χ0v) is 14.0. The lowest BCUT2D eigenvalue weighted by molar-refractivity contribution is -0.124. The van der Waals surface area contributed by atoms with Gasteiger partial charge in [-0.3, -0.25) is 19.7 Å². The number of carbonyl (C=O) groups excluding carboxylic acids is 3. The SMILES string of the molecule is COc1ccc(NC(=O)CSC2NC(=O)CC(CC(N)=O)N2)cc1. The van der Waals surface area contributed by atoms with Crippen LogP contribution in [0.25, 0.3) is 0 Å². The van der Waals surface area contributed by atoms with Gasteiger partial charge in [0.1, 0.15) is 11.2 Å². The Bertz CT molecular complexity index is 606. The summed E-state index contributed by atoms with van der Waals surface area (Å²) in [5, 5.41) is 8.56. The zero-order chi connectivity index (χ0) is 17.5. The van der Waals surface area contributed by atoms with E-state index in [0.717, 1.165) is 0 Å². The van der Waals surface area contributed by atoms with Gasteiger partial charge in [-0.1, -0.05) is 0 Å². The Balaban J connectivity index is 1.79. The van der Waals surface area contributed by atoms with Crippen LogP contribution in [-0.2, 0) is 14.4 Å². The van der Waals surface area contributed by atoms with Crippen molar-refractivity contribution < 1.29 is 19.1 Å². The van der Waals surface area contributed by atoms with Gasteiger partial charge in [0.25, 0.3) is 0 Å². The highest BCUT2D eigenvalue weighted by Crippen LogP contribution is 2.17. The molecular weight excluding hydrogens is 332 g/mol. The van der Waals surface area contributed by atoms with Crippen LogP contribution in [0.1, 0.15) is 12.8 Å². The molecule has 2 unspecified atom stereocenters. The van der Waals surface area contributed by atoms with Gasteiger partial charge in [0.05, 0.1) is 12.9 Å². The molecule has 0 radical (unpaired) electrons. The normalized spacial score (nSPS) is 20.1. The largest absolute Gasteiger partial charge is 0.497 e. The van der Waals surface area contributed by atoms with Gasteiger partial charge in [-0.05, 0) is 24.3 Å². The van der Waals surface area contributed by atoms with Gasteiger partial charge >= 0.3 is 0 Å². The summed E-state index contributed by atoms with van der Waals surface area (Å²) in [7, 11) is 1.57. The highest BCUT2D eigenvalue weighted by atomic mass is 32.2. The molecular formula is C15H20N4O4S. The lowest BCUT2D eigenvalue weighted by Gasteiger charge is -2.30. The molecule has 1 heterocycles. The molecule has 3 amide bonds. The minimum Gasteiger partial charge on any atom is -0.497 e. The van der Waals surface area contributed by atoms with E-state index in [1.165, 1.54) is 11.8 Å². The summed E-state index contributed by atoms with van der Waals surface area (Å²) in [4.78, 5) is 34.6. The van der Waals surface area contributed by atoms with E-state index in [4.69, 9.17) is 10.5 Å². The number of benzene rings is 1. The molecule has 9 heteroatoms. The van der Waals surface area contributed by atoms with Crippen LogP contribution in [0.4, 0.5) is 5.69 Å². The first-order chi connectivity index (χ1) is 11.5. The van der Waals surface area contributed by atoms with E-state index < -0.39 is 11.4 Å². The second-order valence-electron chi connectivity index (χ2n) is 5.27. The monoisotopic (exact) mass is 352 g/mol. The van der Waals surface area contributed by atoms with Gasteiger partial charge in [0.2, 0.25) is 17.7 Å². The molecule has 0 saturated carbocycles. The van der Waals surface area contributed by atoms with Gasteiger partial charge in [-0.2, -0.15) is 0 Å². The number of ether oxygens (including phenoxy) is 1. The summed E-state index contributed by atoms with van der Waals surface area (Å²) in [6.07, 6.45) is 0.278. The Morgan fingerprint density at radius 3 is 2.71 bits per heavy atom. The predicted molar refractivity (Wildman–Crippen MR) is 91.4 cm³/mol. The van der Waals surface area contributed by atoms with Crippen LogP contribution in [0.5, 0.6) is 5.75 Å². The van der Waals surface area contributed by atoms with E-state index in [2.05, 4.69) is 16.0 Å². The average Bonchev–Trinajstić information content (AvgIpc) is 2.52. The molecule has 0 aliphatic carbocycles. The summed E-state index contributed by atoms with van der Waals surface area (Å²) < 4.78 is 5.05. The van der Waals surface area contributed by atoms with Crippen molar-refractivity contribution in [2.45, 2.75) is 24.4 Å². The Hall–Kier alpha value is -2.26. The van der Waals surface area contributed by atoms with Crippen LogP contribution in [0.3, 0.4) is 0 Å². The molecule has 24 heavy (non-hydrogen) atoms. The first-order valence-corrected chi connectivity index (χ1v) is 8.40. The van der Waals surface area contributed by atoms with Crippen molar-refractivity contribution in [1.29, 1.82) is 0 Å². The molecule has 1 fully saturated rings. The van der Waals surface area contributed by atoms with E-state index in [-0.39, 0.29) is 36.5 Å². The summed E-state index contributed by atoms with van der Waals surface area (Å²) in [6, 6.07) is 6.68. The summed E-state index contributed by atoms with van der Waals surface area (Å²) in [6.45, 7) is 0. The number of primary amides is 1. The predicted octanol–water partition coefficient (Wildman–Crippen LogP) is 0.00400. The van der Waals surface area contributed by atoms with E-state index in [0.29, 0.717) is 11.4 Å². The number of carbonyl (C=O) groups is 3. The summed E-state index contributed by atoms with van der Waals surface area (Å²) >= 11 is 1.24. The van der Waals surface area contributed by atoms with Crippen molar-refractivity contribution in [1.82, 2.24) is 10.6 Å². The fourth-order valence-corrected chi connectivity index (χ4v) is 3.13. The maximum atomic E-state index is 12.0. The zero-order valence-electron chi connectivity index (χ0n) is 13.2. The minimum atomic E-state index is -0.469. The fourth-order valence-electron chi connectivity index (χ4n) is 2.24. The number of thioether (sulfide) groups is 1. The smallest absolute Gasteiger partial charge is 0.234 e. The summed E-state index contributed by atoms with van der Waals surface area (Å²) in [5.74, 6) is 0.0132. The molecule has 1 aliphatic rings. The Kier molecular flexibility index (Phi) is 6.44. The topological polar surface area (TPSA) is 123 Å². The molecule has 1 saturated heterocycles. The van der Waals surface area contributed by atoms with E-state index in [1.54, 1.807) is 31.4 Å². The number of nitrogens with one attached hydrogen (secondary N) is 3. The maximum absolute atomic E-state index is 12.0. The molecule has 2 rings (SSSR count). The molecule has 130 valence electrons. The van der Waals surface area contributed by atoms with Crippen molar-refractivity contribution in [3.63, 3.8) is 0 Å². The third kappa shape index (κ3) is 5.74. The van der Waals surface area contributed by atoms with Crippen LogP contribution in [0, 0.1) is 0 Å². The average molecular weight is 352 g/mol. The van der Waals surface area contributed by atoms with Gasteiger partial charge in [0.15, 0.2) is 0 Å². The van der Waals surface area contributed by atoms with Crippen LogP contribution >= 0.6 is 11.8 Å². The third-order valence-electron chi connectivity index (χ3n) is 3.31.